The van der Waals surface area contributed by atoms with Gasteiger partial charge in [0.2, 0.25) is 0 Å². The van der Waals surface area contributed by atoms with E-state index in [0.29, 0.717) is 6.07 Å². The van der Waals surface area contributed by atoms with Gasteiger partial charge in [0.15, 0.2) is 0 Å². The van der Waals surface area contributed by atoms with Gasteiger partial charge in [-0.3, -0.25) is 0 Å². The van der Waals surface area contributed by atoms with Crippen molar-refractivity contribution < 1.29 is 32.2 Å². The van der Waals surface area contributed by atoms with Crippen molar-refractivity contribution in [3.05, 3.63) is 34.9 Å². The summed E-state index contributed by atoms with van der Waals surface area (Å²) in [5.41, 5.74) is -1.41. The Balaban J connectivity index is 3.03. The zero-order valence-corrected chi connectivity index (χ0v) is 11.4. The van der Waals surface area contributed by atoms with Crippen molar-refractivity contribution in [3.8, 4) is 0 Å². The van der Waals surface area contributed by atoms with E-state index in [-0.39, 0.29) is 24.3 Å². The van der Waals surface area contributed by atoms with E-state index in [2.05, 4.69) is 14.8 Å². The van der Waals surface area contributed by atoms with Gasteiger partial charge in [-0.15, -0.1) is 0 Å². The first kappa shape index (κ1) is 16.8. The van der Waals surface area contributed by atoms with E-state index in [0.717, 1.165) is 13.2 Å². The molecule has 1 N–H and O–H groups in total. The van der Waals surface area contributed by atoms with Gasteiger partial charge in [-0.2, -0.15) is 13.2 Å². The first-order valence-electron chi connectivity index (χ1n) is 5.98. The quantitative estimate of drug-likeness (QED) is 0.869. The molecule has 0 spiro atoms. The molecule has 0 saturated heterocycles. The summed E-state index contributed by atoms with van der Waals surface area (Å²) < 4.78 is 47.9. The summed E-state index contributed by atoms with van der Waals surface area (Å²) in [6.45, 7) is 1.32. The lowest BCUT2D eigenvalue weighted by Gasteiger charge is -2.14. The molecule has 1 amide bonds. The lowest BCUT2D eigenvalue weighted by atomic mass is 10.0. The lowest BCUT2D eigenvalue weighted by Crippen LogP contribution is -2.25. The van der Waals surface area contributed by atoms with Crippen molar-refractivity contribution in [2.75, 3.05) is 13.7 Å². The van der Waals surface area contributed by atoms with E-state index < -0.39 is 23.8 Å². The first-order chi connectivity index (χ1) is 9.79. The summed E-state index contributed by atoms with van der Waals surface area (Å²) >= 11 is 0. The van der Waals surface area contributed by atoms with Crippen LogP contribution in [0.2, 0.25) is 0 Å². The molecule has 0 aliphatic rings. The molecule has 1 aromatic carbocycles. The van der Waals surface area contributed by atoms with Gasteiger partial charge in [0.1, 0.15) is 0 Å². The van der Waals surface area contributed by atoms with Crippen LogP contribution in [0.3, 0.4) is 0 Å². The number of alkyl halides is 3. The first-order valence-corrected chi connectivity index (χ1v) is 5.98. The number of benzene rings is 1. The number of alkyl carbamates (subject to hydrolysis) is 1. The largest absolute Gasteiger partial charge is 0.465 e. The third-order valence-corrected chi connectivity index (χ3v) is 2.53. The average molecular weight is 305 g/mol. The maximum absolute atomic E-state index is 13.0. The zero-order valence-electron chi connectivity index (χ0n) is 11.4. The summed E-state index contributed by atoms with van der Waals surface area (Å²) in [7, 11) is 1.08. The molecule has 1 aromatic rings. The molecule has 0 aliphatic carbocycles. The van der Waals surface area contributed by atoms with Gasteiger partial charge in [-0.25, -0.2) is 9.59 Å². The Morgan fingerprint density at radius 3 is 2.48 bits per heavy atom. The minimum absolute atomic E-state index is 0.110. The van der Waals surface area contributed by atoms with Crippen LogP contribution in [-0.2, 0) is 22.2 Å². The van der Waals surface area contributed by atoms with Crippen molar-refractivity contribution in [2.45, 2.75) is 19.6 Å². The number of carbonyl (C=O) groups is 2. The van der Waals surface area contributed by atoms with E-state index >= 15 is 0 Å². The second-order valence-corrected chi connectivity index (χ2v) is 3.94. The Morgan fingerprint density at radius 2 is 1.95 bits per heavy atom. The second kappa shape index (κ2) is 6.96. The maximum Gasteiger partial charge on any atom is 0.416 e. The normalized spacial score (nSPS) is 10.9. The van der Waals surface area contributed by atoms with E-state index in [9.17, 15) is 22.8 Å². The molecular weight excluding hydrogens is 291 g/mol. The van der Waals surface area contributed by atoms with Crippen LogP contribution in [0.1, 0.15) is 28.4 Å². The highest BCUT2D eigenvalue weighted by molar-refractivity contribution is 5.89. The Labute approximate surface area is 119 Å². The van der Waals surface area contributed by atoms with E-state index in [1.807, 2.05) is 0 Å². The number of amides is 1. The number of ether oxygens (including phenoxy) is 2. The fraction of sp³-hybridized carbons (Fsp3) is 0.385. The van der Waals surface area contributed by atoms with Gasteiger partial charge in [0, 0.05) is 6.54 Å². The molecule has 0 saturated carbocycles. The molecule has 116 valence electrons. The highest BCUT2D eigenvalue weighted by Crippen LogP contribution is 2.32. The molecule has 0 aromatic heterocycles. The number of esters is 1. The highest BCUT2D eigenvalue weighted by atomic mass is 19.4. The van der Waals surface area contributed by atoms with Crippen molar-refractivity contribution in [1.82, 2.24) is 5.32 Å². The number of carbonyl (C=O) groups excluding carboxylic acids is 2. The lowest BCUT2D eigenvalue weighted by molar-refractivity contribution is -0.138. The summed E-state index contributed by atoms with van der Waals surface area (Å²) in [4.78, 5) is 22.4. The zero-order chi connectivity index (χ0) is 16.0. The van der Waals surface area contributed by atoms with Gasteiger partial charge < -0.3 is 14.8 Å². The third-order valence-electron chi connectivity index (χ3n) is 2.53. The molecule has 0 radical (unpaired) electrons. The summed E-state index contributed by atoms with van der Waals surface area (Å²) in [6, 6.07) is 3.00. The molecule has 8 heteroatoms. The Kier molecular flexibility index (Phi) is 5.57. The molecule has 0 aliphatic heterocycles. The number of nitrogens with one attached hydrogen (secondary N) is 1. The minimum Gasteiger partial charge on any atom is -0.465 e. The second-order valence-electron chi connectivity index (χ2n) is 3.94. The maximum atomic E-state index is 13.0. The monoisotopic (exact) mass is 305 g/mol. The SMILES string of the molecule is CCOC(=O)NCc1ccc(C(=O)OC)cc1C(F)(F)F. The Hall–Kier alpha value is -2.25. The molecular formula is C13H14F3NO4. The van der Waals surface area contributed by atoms with Crippen LogP contribution in [0.15, 0.2) is 18.2 Å². The van der Waals surface area contributed by atoms with Crippen LogP contribution in [0, 0.1) is 0 Å². The van der Waals surface area contributed by atoms with Crippen molar-refractivity contribution >= 4 is 12.1 Å². The summed E-state index contributed by atoms with van der Waals surface area (Å²) in [5, 5.41) is 2.20. The summed E-state index contributed by atoms with van der Waals surface area (Å²) in [5.74, 6) is -0.870. The molecule has 0 heterocycles. The topological polar surface area (TPSA) is 64.6 Å². The molecule has 0 bridgehead atoms. The summed E-state index contributed by atoms with van der Waals surface area (Å²) in [6.07, 6.45) is -5.47. The average Bonchev–Trinajstić information content (AvgIpc) is 2.43. The molecule has 21 heavy (non-hydrogen) atoms. The van der Waals surface area contributed by atoms with Gasteiger partial charge in [-0.05, 0) is 24.6 Å². The third kappa shape index (κ3) is 4.66. The fourth-order valence-electron chi connectivity index (χ4n) is 1.59. The van der Waals surface area contributed by atoms with Crippen LogP contribution < -0.4 is 5.32 Å². The van der Waals surface area contributed by atoms with E-state index in [1.165, 1.54) is 6.07 Å². The van der Waals surface area contributed by atoms with Gasteiger partial charge >= 0.3 is 18.2 Å². The predicted octanol–water partition coefficient (Wildman–Crippen LogP) is 2.74. The molecule has 5 nitrogen and oxygen atoms in total. The number of hydrogen-bond donors (Lipinski definition) is 1. The van der Waals surface area contributed by atoms with Crippen LogP contribution in [0.5, 0.6) is 0 Å². The van der Waals surface area contributed by atoms with E-state index in [1.54, 1.807) is 6.92 Å². The van der Waals surface area contributed by atoms with Gasteiger partial charge in [0.25, 0.3) is 0 Å². The molecule has 1 rings (SSSR count). The molecule has 0 fully saturated rings. The van der Waals surface area contributed by atoms with Gasteiger partial charge in [-0.1, -0.05) is 6.07 Å². The van der Waals surface area contributed by atoms with Crippen LogP contribution in [-0.4, -0.2) is 25.8 Å². The van der Waals surface area contributed by atoms with Crippen LogP contribution in [0.4, 0.5) is 18.0 Å². The smallest absolute Gasteiger partial charge is 0.416 e. The van der Waals surface area contributed by atoms with Crippen molar-refractivity contribution in [1.29, 1.82) is 0 Å². The Morgan fingerprint density at radius 1 is 1.29 bits per heavy atom. The highest BCUT2D eigenvalue weighted by Gasteiger charge is 2.34. The minimum atomic E-state index is -4.66. The number of halogens is 3. The standard InChI is InChI=1S/C13H14F3NO4/c1-3-21-12(19)17-7-9-5-4-8(11(18)20-2)6-10(9)13(14,15)16/h4-6H,3,7H2,1-2H3,(H,17,19). The van der Waals surface area contributed by atoms with E-state index in [4.69, 9.17) is 0 Å². The van der Waals surface area contributed by atoms with Gasteiger partial charge in [0.05, 0.1) is 24.8 Å². The number of rotatable bonds is 4. The number of hydrogen-bond acceptors (Lipinski definition) is 4. The fourth-order valence-corrected chi connectivity index (χ4v) is 1.59. The van der Waals surface area contributed by atoms with Crippen molar-refractivity contribution in [3.63, 3.8) is 0 Å². The van der Waals surface area contributed by atoms with Crippen LogP contribution in [0.25, 0.3) is 0 Å². The van der Waals surface area contributed by atoms with Crippen LogP contribution >= 0.6 is 0 Å². The molecule has 0 atom stereocenters. The van der Waals surface area contributed by atoms with Crippen molar-refractivity contribution in [2.24, 2.45) is 0 Å². The number of methoxy groups -OCH3 is 1. The Bertz CT molecular complexity index is 529. The molecule has 0 unspecified atom stereocenters. The predicted molar refractivity (Wildman–Crippen MR) is 66.6 cm³/mol.